The molecule has 0 radical (unpaired) electrons. The van der Waals surface area contributed by atoms with Crippen LogP contribution in [0.15, 0.2) is 28.7 Å². The van der Waals surface area contributed by atoms with Gasteiger partial charge in [-0.3, -0.25) is 9.59 Å². The monoisotopic (exact) mass is 366 g/mol. The van der Waals surface area contributed by atoms with Gasteiger partial charge in [0.1, 0.15) is 0 Å². The molecule has 0 aromatic heterocycles. The van der Waals surface area contributed by atoms with Crippen LogP contribution in [0.4, 0.5) is 5.69 Å². The van der Waals surface area contributed by atoms with E-state index in [1.54, 1.807) is 4.90 Å². The predicted molar refractivity (Wildman–Crippen MR) is 86.6 cm³/mol. The maximum Gasteiger partial charge on any atom is 0.227 e. The van der Waals surface area contributed by atoms with Gasteiger partial charge in [0.2, 0.25) is 11.8 Å². The first-order chi connectivity index (χ1) is 10.6. The van der Waals surface area contributed by atoms with Gasteiger partial charge in [0.25, 0.3) is 0 Å². The van der Waals surface area contributed by atoms with Gasteiger partial charge in [0, 0.05) is 30.6 Å². The van der Waals surface area contributed by atoms with Crippen LogP contribution in [0.5, 0.6) is 0 Å². The standard InChI is InChI=1S/C16H19BrN2O3/c17-13-5-1-2-6-14(13)19-10-11(8-15(19)20)16(21)18-9-12-4-3-7-22-12/h1-2,5-6,11-12H,3-4,7-10H2,(H,18,21)/t11-,12-/m0/s1. The molecule has 2 fully saturated rings. The second-order valence-corrected chi connectivity index (χ2v) is 6.59. The number of carbonyl (C=O) groups is 2. The number of amides is 2. The van der Waals surface area contributed by atoms with E-state index < -0.39 is 0 Å². The Bertz CT molecular complexity index is 572. The third-order valence-corrected chi connectivity index (χ3v) is 4.84. The molecule has 1 aromatic carbocycles. The molecule has 2 aliphatic rings. The van der Waals surface area contributed by atoms with Gasteiger partial charge in [-0.25, -0.2) is 0 Å². The van der Waals surface area contributed by atoms with Crippen LogP contribution in [0.25, 0.3) is 0 Å². The van der Waals surface area contributed by atoms with Crippen LogP contribution in [0.3, 0.4) is 0 Å². The van der Waals surface area contributed by atoms with Crippen LogP contribution in [-0.2, 0) is 14.3 Å². The number of hydrogen-bond acceptors (Lipinski definition) is 3. The Balaban J connectivity index is 1.59. The number of anilines is 1. The average molecular weight is 367 g/mol. The van der Waals surface area contributed by atoms with E-state index in [2.05, 4.69) is 21.2 Å². The zero-order chi connectivity index (χ0) is 15.5. The van der Waals surface area contributed by atoms with E-state index in [4.69, 9.17) is 4.74 Å². The van der Waals surface area contributed by atoms with Gasteiger partial charge in [-0.1, -0.05) is 12.1 Å². The van der Waals surface area contributed by atoms with Gasteiger partial charge >= 0.3 is 0 Å². The second kappa shape index (κ2) is 6.79. The summed E-state index contributed by atoms with van der Waals surface area (Å²) in [5.74, 6) is -0.358. The lowest BCUT2D eigenvalue weighted by Crippen LogP contribution is -2.37. The van der Waals surface area contributed by atoms with Crippen molar-refractivity contribution in [3.05, 3.63) is 28.7 Å². The zero-order valence-corrected chi connectivity index (χ0v) is 13.8. The van der Waals surface area contributed by atoms with Gasteiger partial charge in [-0.15, -0.1) is 0 Å². The summed E-state index contributed by atoms with van der Waals surface area (Å²) in [6.07, 6.45) is 2.43. The van der Waals surface area contributed by atoms with Crippen molar-refractivity contribution in [1.82, 2.24) is 5.32 Å². The number of ether oxygens (including phenoxy) is 1. The molecule has 2 saturated heterocycles. The number of para-hydroxylation sites is 1. The second-order valence-electron chi connectivity index (χ2n) is 5.74. The van der Waals surface area contributed by atoms with Gasteiger partial charge in [0.05, 0.1) is 17.7 Å². The van der Waals surface area contributed by atoms with Crippen LogP contribution in [0.1, 0.15) is 19.3 Å². The van der Waals surface area contributed by atoms with Gasteiger partial charge in [-0.2, -0.15) is 0 Å². The minimum Gasteiger partial charge on any atom is -0.376 e. The number of benzene rings is 1. The highest BCUT2D eigenvalue weighted by atomic mass is 79.9. The van der Waals surface area contributed by atoms with Crippen molar-refractivity contribution in [3.8, 4) is 0 Å². The number of carbonyl (C=O) groups excluding carboxylic acids is 2. The molecule has 6 heteroatoms. The number of hydrogen-bond donors (Lipinski definition) is 1. The third kappa shape index (κ3) is 3.33. The normalized spacial score (nSPS) is 24.8. The summed E-state index contributed by atoms with van der Waals surface area (Å²) >= 11 is 3.46. The maximum absolute atomic E-state index is 12.3. The Kier molecular flexibility index (Phi) is 4.78. The van der Waals surface area contributed by atoms with Gasteiger partial charge < -0.3 is 15.0 Å². The molecule has 1 aromatic rings. The van der Waals surface area contributed by atoms with Crippen LogP contribution >= 0.6 is 15.9 Å². The van der Waals surface area contributed by atoms with Crippen molar-refractivity contribution in [3.63, 3.8) is 0 Å². The Morgan fingerprint density at radius 2 is 2.23 bits per heavy atom. The Morgan fingerprint density at radius 3 is 2.95 bits per heavy atom. The quantitative estimate of drug-likeness (QED) is 0.887. The van der Waals surface area contributed by atoms with E-state index >= 15 is 0 Å². The van der Waals surface area contributed by atoms with E-state index in [0.29, 0.717) is 13.1 Å². The average Bonchev–Trinajstić information content (AvgIpc) is 3.15. The van der Waals surface area contributed by atoms with Crippen molar-refractivity contribution in [2.75, 3.05) is 24.6 Å². The fourth-order valence-corrected chi connectivity index (χ4v) is 3.45. The highest BCUT2D eigenvalue weighted by molar-refractivity contribution is 9.10. The molecule has 2 atom stereocenters. The molecule has 2 aliphatic heterocycles. The zero-order valence-electron chi connectivity index (χ0n) is 12.3. The Hall–Kier alpha value is -1.40. The minimum atomic E-state index is -0.291. The third-order valence-electron chi connectivity index (χ3n) is 4.17. The molecule has 2 heterocycles. The molecule has 0 bridgehead atoms. The largest absolute Gasteiger partial charge is 0.376 e. The number of nitrogens with one attached hydrogen (secondary N) is 1. The summed E-state index contributed by atoms with van der Waals surface area (Å²) in [6.45, 7) is 1.75. The molecule has 22 heavy (non-hydrogen) atoms. The van der Waals surface area contributed by atoms with Crippen LogP contribution in [-0.4, -0.2) is 37.6 Å². The highest BCUT2D eigenvalue weighted by Crippen LogP contribution is 2.31. The van der Waals surface area contributed by atoms with Crippen LogP contribution in [0.2, 0.25) is 0 Å². The van der Waals surface area contributed by atoms with Crippen LogP contribution in [0, 0.1) is 5.92 Å². The minimum absolute atomic E-state index is 0.0100. The van der Waals surface area contributed by atoms with Crippen molar-refractivity contribution in [2.24, 2.45) is 5.92 Å². The molecule has 2 amide bonds. The lowest BCUT2D eigenvalue weighted by molar-refractivity contribution is -0.126. The molecular formula is C16H19BrN2O3. The lowest BCUT2D eigenvalue weighted by Gasteiger charge is -2.18. The van der Waals surface area contributed by atoms with E-state index in [0.717, 1.165) is 29.6 Å². The van der Waals surface area contributed by atoms with Crippen LogP contribution < -0.4 is 10.2 Å². The lowest BCUT2D eigenvalue weighted by atomic mass is 10.1. The van der Waals surface area contributed by atoms with Gasteiger partial charge in [-0.05, 0) is 40.9 Å². The Morgan fingerprint density at radius 1 is 1.41 bits per heavy atom. The van der Waals surface area contributed by atoms with Crippen molar-refractivity contribution < 1.29 is 14.3 Å². The summed E-state index contributed by atoms with van der Waals surface area (Å²) in [5.41, 5.74) is 0.821. The van der Waals surface area contributed by atoms with Crippen molar-refractivity contribution in [2.45, 2.75) is 25.4 Å². The number of rotatable bonds is 4. The van der Waals surface area contributed by atoms with Gasteiger partial charge in [0.15, 0.2) is 0 Å². The summed E-state index contributed by atoms with van der Waals surface area (Å²) < 4.78 is 6.36. The summed E-state index contributed by atoms with van der Waals surface area (Å²) in [6, 6.07) is 7.57. The van der Waals surface area contributed by atoms with E-state index in [1.807, 2.05) is 24.3 Å². The summed E-state index contributed by atoms with van der Waals surface area (Å²) in [4.78, 5) is 26.1. The molecule has 5 nitrogen and oxygen atoms in total. The number of nitrogens with zero attached hydrogens (tertiary/aromatic N) is 1. The highest BCUT2D eigenvalue weighted by Gasteiger charge is 2.35. The number of halogens is 1. The topological polar surface area (TPSA) is 58.6 Å². The SMILES string of the molecule is O=C(NC[C@@H]1CCCO1)[C@H]1CC(=O)N(c2ccccc2Br)C1. The molecular weight excluding hydrogens is 348 g/mol. The van der Waals surface area contributed by atoms with E-state index in [1.165, 1.54) is 0 Å². The summed E-state index contributed by atoms with van der Waals surface area (Å²) in [7, 11) is 0. The van der Waals surface area contributed by atoms with Crippen molar-refractivity contribution >= 4 is 33.4 Å². The molecule has 0 aliphatic carbocycles. The molecule has 118 valence electrons. The molecule has 0 saturated carbocycles. The smallest absolute Gasteiger partial charge is 0.227 e. The first-order valence-electron chi connectivity index (χ1n) is 7.59. The maximum atomic E-state index is 12.3. The summed E-state index contributed by atoms with van der Waals surface area (Å²) in [5, 5.41) is 2.92. The molecule has 0 spiro atoms. The molecule has 0 unspecified atom stereocenters. The van der Waals surface area contributed by atoms with E-state index in [-0.39, 0.29) is 30.3 Å². The fraction of sp³-hybridized carbons (Fsp3) is 0.500. The fourth-order valence-electron chi connectivity index (χ4n) is 2.95. The molecule has 1 N–H and O–H groups in total. The first kappa shape index (κ1) is 15.5. The molecule has 3 rings (SSSR count). The predicted octanol–water partition coefficient (Wildman–Crippen LogP) is 2.10. The first-order valence-corrected chi connectivity index (χ1v) is 8.38. The Labute approximate surface area is 138 Å². The van der Waals surface area contributed by atoms with E-state index in [9.17, 15) is 9.59 Å². The van der Waals surface area contributed by atoms with Crippen molar-refractivity contribution in [1.29, 1.82) is 0 Å².